The quantitative estimate of drug-likeness (QED) is 0.235. The number of carbonyl (C=O) groups is 1. The highest BCUT2D eigenvalue weighted by Gasteiger charge is 2.42. The van der Waals surface area contributed by atoms with Crippen molar-refractivity contribution in [2.45, 2.75) is 12.1 Å². The van der Waals surface area contributed by atoms with Gasteiger partial charge in [0.05, 0.1) is 43.5 Å². The highest BCUT2D eigenvalue weighted by Crippen LogP contribution is 2.44. The number of thiocarbonyl (C=S) groups is 1. The standard InChI is InChI=1S/C28H27N5O5S2/c1-37-24-13-12-20(17-22(24)31-40(3,35)36)33-26(25(30-28(33)39)21-10-4-5-14-29-21)23-11-7-15-32(23)19-9-6-8-18(16-19)27(34)38-2/h4-17,25-26,31H,1-3H3,(H,30,39)/t25-,26-/m1/s1. The average Bonchev–Trinajstić information content (AvgIpc) is 3.56. The Balaban J connectivity index is 1.66. The summed E-state index contributed by atoms with van der Waals surface area (Å²) in [6.45, 7) is 0. The molecule has 0 bridgehead atoms. The molecule has 1 aliphatic heterocycles. The third-order valence-corrected chi connectivity index (χ3v) is 7.39. The Labute approximate surface area is 237 Å². The number of ether oxygens (including phenoxy) is 2. The first-order valence-corrected chi connectivity index (χ1v) is 14.5. The number of methoxy groups -OCH3 is 2. The maximum atomic E-state index is 12.2. The van der Waals surface area contributed by atoms with E-state index in [1.54, 1.807) is 36.5 Å². The number of rotatable bonds is 8. The summed E-state index contributed by atoms with van der Waals surface area (Å²) in [4.78, 5) is 18.8. The van der Waals surface area contributed by atoms with E-state index in [-0.39, 0.29) is 11.7 Å². The van der Waals surface area contributed by atoms with Crippen LogP contribution in [-0.4, -0.2) is 49.5 Å². The summed E-state index contributed by atoms with van der Waals surface area (Å²) in [5.41, 5.74) is 3.74. The van der Waals surface area contributed by atoms with Crippen molar-refractivity contribution in [1.29, 1.82) is 0 Å². The molecule has 12 heteroatoms. The second-order valence-corrected chi connectivity index (χ2v) is 11.2. The van der Waals surface area contributed by atoms with Gasteiger partial charge in [-0.3, -0.25) is 9.71 Å². The molecular formula is C28H27N5O5S2. The molecule has 2 atom stereocenters. The number of aromatic nitrogens is 2. The summed E-state index contributed by atoms with van der Waals surface area (Å²) in [6, 6.07) is 21.2. The Kier molecular flexibility index (Phi) is 7.46. The number of carbonyl (C=O) groups excluding carboxylic acids is 1. The highest BCUT2D eigenvalue weighted by atomic mass is 32.2. The van der Waals surface area contributed by atoms with Crippen LogP contribution in [-0.2, 0) is 14.8 Å². The van der Waals surface area contributed by atoms with E-state index in [1.807, 2.05) is 58.1 Å². The van der Waals surface area contributed by atoms with E-state index in [0.29, 0.717) is 22.1 Å². The molecule has 40 heavy (non-hydrogen) atoms. The van der Waals surface area contributed by atoms with E-state index in [2.05, 4.69) is 15.0 Å². The summed E-state index contributed by atoms with van der Waals surface area (Å²) >= 11 is 5.84. The number of benzene rings is 2. The fourth-order valence-corrected chi connectivity index (χ4v) is 5.73. The lowest BCUT2D eigenvalue weighted by molar-refractivity contribution is 0.0600. The van der Waals surface area contributed by atoms with Crippen LogP contribution in [0.4, 0.5) is 11.4 Å². The molecule has 3 heterocycles. The van der Waals surface area contributed by atoms with Crippen LogP contribution in [0.5, 0.6) is 5.75 Å². The van der Waals surface area contributed by atoms with Gasteiger partial charge in [0.1, 0.15) is 11.8 Å². The molecule has 2 aromatic heterocycles. The summed E-state index contributed by atoms with van der Waals surface area (Å²) in [7, 11) is -0.762. The SMILES string of the molecule is COC(=O)c1cccc(-n2cccc2[C@@H]2[C@@H](c3ccccn3)NC(=S)N2c2ccc(OC)c(NS(C)(=O)=O)c2)c1. The van der Waals surface area contributed by atoms with E-state index in [0.717, 1.165) is 23.3 Å². The Morgan fingerprint density at radius 1 is 1.02 bits per heavy atom. The topological polar surface area (TPSA) is 115 Å². The largest absolute Gasteiger partial charge is 0.495 e. The average molecular weight is 578 g/mol. The minimum atomic E-state index is -3.58. The molecule has 0 aliphatic carbocycles. The monoisotopic (exact) mass is 577 g/mol. The van der Waals surface area contributed by atoms with E-state index in [4.69, 9.17) is 21.7 Å². The highest BCUT2D eigenvalue weighted by molar-refractivity contribution is 7.92. The van der Waals surface area contributed by atoms with Gasteiger partial charge < -0.3 is 24.3 Å². The van der Waals surface area contributed by atoms with Crippen LogP contribution in [0.15, 0.2) is 85.2 Å². The van der Waals surface area contributed by atoms with Gasteiger partial charge in [-0.05, 0) is 72.9 Å². The fraction of sp³-hybridized carbons (Fsp3) is 0.179. The van der Waals surface area contributed by atoms with E-state index in [1.165, 1.54) is 14.2 Å². The predicted octanol–water partition coefficient (Wildman–Crippen LogP) is 4.22. The first-order valence-electron chi connectivity index (χ1n) is 12.2. The predicted molar refractivity (Wildman–Crippen MR) is 157 cm³/mol. The number of sulfonamides is 1. The van der Waals surface area contributed by atoms with Crippen molar-refractivity contribution in [3.63, 3.8) is 0 Å². The van der Waals surface area contributed by atoms with E-state index >= 15 is 0 Å². The normalized spacial score (nSPS) is 16.9. The number of hydrogen-bond acceptors (Lipinski definition) is 7. The van der Waals surface area contributed by atoms with Gasteiger partial charge in [0.2, 0.25) is 10.0 Å². The molecule has 0 radical (unpaired) electrons. The zero-order valence-electron chi connectivity index (χ0n) is 21.9. The minimum absolute atomic E-state index is 0.284. The molecule has 1 aliphatic rings. The lowest BCUT2D eigenvalue weighted by Gasteiger charge is -2.29. The molecule has 1 fully saturated rings. The Morgan fingerprint density at radius 2 is 1.85 bits per heavy atom. The zero-order chi connectivity index (χ0) is 28.4. The van der Waals surface area contributed by atoms with E-state index in [9.17, 15) is 13.2 Å². The number of hydrogen-bond donors (Lipinski definition) is 2. The van der Waals surface area contributed by atoms with Crippen LogP contribution in [0, 0.1) is 0 Å². The third kappa shape index (κ3) is 5.36. The van der Waals surface area contributed by atoms with Crippen molar-refractivity contribution < 1.29 is 22.7 Å². The van der Waals surface area contributed by atoms with Crippen molar-refractivity contribution in [3.8, 4) is 11.4 Å². The van der Waals surface area contributed by atoms with Crippen molar-refractivity contribution in [2.75, 3.05) is 30.1 Å². The first kappa shape index (κ1) is 27.2. The molecule has 1 saturated heterocycles. The molecule has 206 valence electrons. The van der Waals surface area contributed by atoms with Crippen molar-refractivity contribution >= 4 is 44.7 Å². The molecule has 10 nitrogen and oxygen atoms in total. The fourth-order valence-electron chi connectivity index (χ4n) is 4.83. The number of pyridine rings is 1. The molecule has 0 amide bonds. The van der Waals surface area contributed by atoms with Crippen molar-refractivity contribution in [2.24, 2.45) is 0 Å². The van der Waals surface area contributed by atoms with Gasteiger partial charge >= 0.3 is 5.97 Å². The van der Waals surface area contributed by atoms with Crippen LogP contribution in [0.2, 0.25) is 0 Å². The Bertz CT molecular complexity index is 1670. The number of nitrogens with zero attached hydrogens (tertiary/aromatic N) is 3. The molecule has 0 spiro atoms. The summed E-state index contributed by atoms with van der Waals surface area (Å²) in [5.74, 6) is -0.0653. The summed E-state index contributed by atoms with van der Waals surface area (Å²) in [5, 5.41) is 3.85. The van der Waals surface area contributed by atoms with Gasteiger partial charge in [-0.2, -0.15) is 0 Å². The Hall–Kier alpha value is -4.42. The molecule has 5 rings (SSSR count). The van der Waals surface area contributed by atoms with E-state index < -0.39 is 22.0 Å². The lowest BCUT2D eigenvalue weighted by atomic mass is 10.0. The number of nitrogens with one attached hydrogen (secondary N) is 2. The molecule has 2 N–H and O–H groups in total. The maximum Gasteiger partial charge on any atom is 0.337 e. The number of esters is 1. The van der Waals surface area contributed by atoms with Crippen LogP contribution < -0.4 is 19.7 Å². The van der Waals surface area contributed by atoms with Gasteiger partial charge in [0.25, 0.3) is 0 Å². The van der Waals surface area contributed by atoms with Crippen molar-refractivity contribution in [3.05, 3.63) is 102 Å². The zero-order valence-corrected chi connectivity index (χ0v) is 23.6. The van der Waals surface area contributed by atoms with Gasteiger partial charge in [-0.25, -0.2) is 13.2 Å². The van der Waals surface area contributed by atoms with Gasteiger partial charge in [-0.1, -0.05) is 12.1 Å². The molecule has 0 unspecified atom stereocenters. The lowest BCUT2D eigenvalue weighted by Crippen LogP contribution is -2.30. The van der Waals surface area contributed by atoms with Gasteiger partial charge in [0, 0.05) is 29.5 Å². The van der Waals surface area contributed by atoms with Crippen LogP contribution in [0.1, 0.15) is 33.8 Å². The second-order valence-electron chi connectivity index (χ2n) is 9.10. The minimum Gasteiger partial charge on any atom is -0.495 e. The maximum absolute atomic E-state index is 12.2. The summed E-state index contributed by atoms with van der Waals surface area (Å²) < 4.78 is 39.0. The van der Waals surface area contributed by atoms with Crippen LogP contribution >= 0.6 is 12.2 Å². The third-order valence-electron chi connectivity index (χ3n) is 6.48. The van der Waals surface area contributed by atoms with Crippen molar-refractivity contribution in [1.82, 2.24) is 14.9 Å². The second kappa shape index (κ2) is 11.0. The summed E-state index contributed by atoms with van der Waals surface area (Å²) in [6.07, 6.45) is 4.71. The first-order chi connectivity index (χ1) is 19.2. The molecule has 0 saturated carbocycles. The van der Waals surface area contributed by atoms with Gasteiger partial charge in [0.15, 0.2) is 5.11 Å². The number of anilines is 2. The molecular weight excluding hydrogens is 550 g/mol. The molecule has 4 aromatic rings. The Morgan fingerprint density at radius 3 is 2.55 bits per heavy atom. The van der Waals surface area contributed by atoms with Crippen LogP contribution in [0.3, 0.4) is 0 Å². The van der Waals surface area contributed by atoms with Gasteiger partial charge in [-0.15, -0.1) is 0 Å². The smallest absolute Gasteiger partial charge is 0.337 e. The molecule has 2 aromatic carbocycles. The van der Waals surface area contributed by atoms with Crippen LogP contribution in [0.25, 0.3) is 5.69 Å².